The van der Waals surface area contributed by atoms with Gasteiger partial charge < -0.3 is 14.8 Å². The summed E-state index contributed by atoms with van der Waals surface area (Å²) in [6, 6.07) is 12.8. The zero-order valence-electron chi connectivity index (χ0n) is 17.1. The van der Waals surface area contributed by atoms with Crippen LogP contribution in [0.25, 0.3) is 0 Å². The SMILES string of the molecule is COc1cccc(CNC23CC4CC(CC(C4)C2)C3)c1OCc1ccccc1F. The highest BCUT2D eigenvalue weighted by Crippen LogP contribution is 2.55. The second-order valence-corrected chi connectivity index (χ2v) is 9.38. The molecule has 3 nitrogen and oxygen atoms in total. The Balaban J connectivity index is 1.33. The lowest BCUT2D eigenvalue weighted by Gasteiger charge is -2.57. The van der Waals surface area contributed by atoms with E-state index in [0.29, 0.717) is 16.9 Å². The van der Waals surface area contributed by atoms with E-state index in [0.717, 1.165) is 35.6 Å². The Morgan fingerprint density at radius 1 is 0.931 bits per heavy atom. The second-order valence-electron chi connectivity index (χ2n) is 9.38. The molecule has 0 radical (unpaired) electrons. The van der Waals surface area contributed by atoms with Gasteiger partial charge in [-0.15, -0.1) is 0 Å². The normalized spacial score (nSPS) is 29.8. The monoisotopic (exact) mass is 395 g/mol. The van der Waals surface area contributed by atoms with Crippen LogP contribution in [0.3, 0.4) is 0 Å². The van der Waals surface area contributed by atoms with Crippen molar-refractivity contribution >= 4 is 0 Å². The van der Waals surface area contributed by atoms with Crippen LogP contribution in [0.2, 0.25) is 0 Å². The van der Waals surface area contributed by atoms with Gasteiger partial charge in [0.15, 0.2) is 11.5 Å². The molecule has 29 heavy (non-hydrogen) atoms. The van der Waals surface area contributed by atoms with E-state index in [4.69, 9.17) is 9.47 Å². The molecule has 0 aromatic heterocycles. The van der Waals surface area contributed by atoms with E-state index in [1.54, 1.807) is 19.2 Å². The first kappa shape index (κ1) is 18.9. The van der Waals surface area contributed by atoms with Crippen molar-refractivity contribution in [3.8, 4) is 11.5 Å². The van der Waals surface area contributed by atoms with Crippen LogP contribution in [0.15, 0.2) is 42.5 Å². The summed E-state index contributed by atoms with van der Waals surface area (Å²) >= 11 is 0. The Kier molecular flexibility index (Phi) is 4.99. The van der Waals surface area contributed by atoms with Crippen LogP contribution >= 0.6 is 0 Å². The Hall–Kier alpha value is -2.07. The van der Waals surface area contributed by atoms with Gasteiger partial charge in [0.25, 0.3) is 0 Å². The number of para-hydroxylation sites is 1. The summed E-state index contributed by atoms with van der Waals surface area (Å²) in [5.74, 6) is 3.92. The Morgan fingerprint density at radius 2 is 1.59 bits per heavy atom. The summed E-state index contributed by atoms with van der Waals surface area (Å²) in [7, 11) is 1.65. The summed E-state index contributed by atoms with van der Waals surface area (Å²) in [5.41, 5.74) is 1.93. The third-order valence-electron chi connectivity index (χ3n) is 7.30. The molecular weight excluding hydrogens is 365 g/mol. The molecule has 0 saturated heterocycles. The van der Waals surface area contributed by atoms with Crippen molar-refractivity contribution < 1.29 is 13.9 Å². The molecule has 154 valence electrons. The van der Waals surface area contributed by atoms with Crippen molar-refractivity contribution in [3.63, 3.8) is 0 Å². The predicted octanol–water partition coefficient (Wildman–Crippen LogP) is 5.47. The smallest absolute Gasteiger partial charge is 0.166 e. The van der Waals surface area contributed by atoms with Gasteiger partial charge in [0.05, 0.1) is 7.11 Å². The maximum atomic E-state index is 14.0. The quantitative estimate of drug-likeness (QED) is 0.674. The molecule has 4 heteroatoms. The molecule has 0 amide bonds. The molecule has 4 saturated carbocycles. The fourth-order valence-corrected chi connectivity index (χ4v) is 6.40. The molecule has 2 aromatic rings. The highest BCUT2D eigenvalue weighted by Gasteiger charge is 2.50. The van der Waals surface area contributed by atoms with E-state index in [1.165, 1.54) is 44.6 Å². The molecule has 4 aliphatic carbocycles. The van der Waals surface area contributed by atoms with Crippen LogP contribution in [0.1, 0.15) is 49.7 Å². The van der Waals surface area contributed by atoms with Gasteiger partial charge in [-0.25, -0.2) is 4.39 Å². The van der Waals surface area contributed by atoms with Crippen molar-refractivity contribution in [2.45, 2.75) is 57.2 Å². The van der Waals surface area contributed by atoms with E-state index in [-0.39, 0.29) is 12.4 Å². The molecule has 0 spiro atoms. The maximum absolute atomic E-state index is 14.0. The number of nitrogens with one attached hydrogen (secondary N) is 1. The summed E-state index contributed by atoms with van der Waals surface area (Å²) in [6.45, 7) is 0.952. The lowest BCUT2D eigenvalue weighted by atomic mass is 9.53. The molecule has 0 atom stereocenters. The molecule has 1 N–H and O–H groups in total. The number of hydrogen-bond acceptors (Lipinski definition) is 3. The molecule has 2 aromatic carbocycles. The van der Waals surface area contributed by atoms with E-state index < -0.39 is 0 Å². The van der Waals surface area contributed by atoms with Gasteiger partial charge in [0, 0.05) is 23.2 Å². The van der Waals surface area contributed by atoms with E-state index in [1.807, 2.05) is 18.2 Å². The van der Waals surface area contributed by atoms with Gasteiger partial charge in [0.2, 0.25) is 0 Å². The number of benzene rings is 2. The zero-order valence-corrected chi connectivity index (χ0v) is 17.1. The average Bonchev–Trinajstić information content (AvgIpc) is 2.71. The van der Waals surface area contributed by atoms with Crippen molar-refractivity contribution in [2.24, 2.45) is 17.8 Å². The van der Waals surface area contributed by atoms with Crippen LogP contribution in [0.4, 0.5) is 4.39 Å². The second kappa shape index (κ2) is 7.64. The third kappa shape index (κ3) is 3.75. The minimum absolute atomic E-state index is 0.192. The summed E-state index contributed by atoms with van der Waals surface area (Å²) < 4.78 is 25.7. The molecule has 4 aliphatic rings. The van der Waals surface area contributed by atoms with Crippen molar-refractivity contribution in [3.05, 3.63) is 59.4 Å². The summed E-state index contributed by atoms with van der Waals surface area (Å²) in [5, 5.41) is 3.94. The molecule has 6 rings (SSSR count). The third-order valence-corrected chi connectivity index (χ3v) is 7.30. The van der Waals surface area contributed by atoms with Gasteiger partial charge in [0.1, 0.15) is 12.4 Å². The number of halogens is 1. The van der Waals surface area contributed by atoms with Crippen LogP contribution < -0.4 is 14.8 Å². The highest BCUT2D eigenvalue weighted by molar-refractivity contribution is 5.47. The molecule has 0 unspecified atom stereocenters. The first-order chi connectivity index (χ1) is 14.1. The molecule has 4 fully saturated rings. The van der Waals surface area contributed by atoms with E-state index in [2.05, 4.69) is 11.4 Å². The summed E-state index contributed by atoms with van der Waals surface area (Å²) in [4.78, 5) is 0. The summed E-state index contributed by atoms with van der Waals surface area (Å²) in [6.07, 6.45) is 8.27. The molecule has 0 heterocycles. The topological polar surface area (TPSA) is 30.5 Å². The maximum Gasteiger partial charge on any atom is 0.166 e. The average molecular weight is 396 g/mol. The minimum atomic E-state index is -0.240. The first-order valence-corrected chi connectivity index (χ1v) is 10.9. The van der Waals surface area contributed by atoms with Gasteiger partial charge >= 0.3 is 0 Å². The number of ether oxygens (including phenoxy) is 2. The van der Waals surface area contributed by atoms with Gasteiger partial charge in [-0.2, -0.15) is 0 Å². The highest BCUT2D eigenvalue weighted by atomic mass is 19.1. The van der Waals surface area contributed by atoms with Crippen molar-refractivity contribution in [1.29, 1.82) is 0 Å². The number of methoxy groups -OCH3 is 1. The zero-order chi connectivity index (χ0) is 19.8. The van der Waals surface area contributed by atoms with Crippen LogP contribution in [-0.4, -0.2) is 12.6 Å². The molecule has 0 aliphatic heterocycles. The largest absolute Gasteiger partial charge is 0.493 e. The van der Waals surface area contributed by atoms with E-state index in [9.17, 15) is 4.39 Å². The minimum Gasteiger partial charge on any atom is -0.493 e. The predicted molar refractivity (Wildman–Crippen MR) is 111 cm³/mol. The van der Waals surface area contributed by atoms with Crippen LogP contribution in [0.5, 0.6) is 11.5 Å². The van der Waals surface area contributed by atoms with Gasteiger partial charge in [-0.3, -0.25) is 0 Å². The lowest BCUT2D eigenvalue weighted by molar-refractivity contribution is -0.0206. The fourth-order valence-electron chi connectivity index (χ4n) is 6.40. The van der Waals surface area contributed by atoms with Crippen LogP contribution in [-0.2, 0) is 13.2 Å². The van der Waals surface area contributed by atoms with Crippen molar-refractivity contribution in [2.75, 3.05) is 7.11 Å². The number of hydrogen-bond donors (Lipinski definition) is 1. The molecule has 4 bridgehead atoms. The van der Waals surface area contributed by atoms with Gasteiger partial charge in [-0.05, 0) is 68.4 Å². The van der Waals surface area contributed by atoms with Crippen molar-refractivity contribution in [1.82, 2.24) is 5.32 Å². The van der Waals surface area contributed by atoms with E-state index >= 15 is 0 Å². The van der Waals surface area contributed by atoms with Crippen LogP contribution in [0, 0.1) is 23.6 Å². The number of rotatable bonds is 7. The lowest BCUT2D eigenvalue weighted by Crippen LogP contribution is -2.58. The Labute approximate surface area is 172 Å². The first-order valence-electron chi connectivity index (χ1n) is 10.9. The Bertz CT molecular complexity index is 846. The molecular formula is C25H30FNO2. The Morgan fingerprint density at radius 3 is 2.24 bits per heavy atom. The van der Waals surface area contributed by atoms with Gasteiger partial charge in [-0.1, -0.05) is 30.3 Å². The standard InChI is InChI=1S/C25H30FNO2/c1-28-23-8-4-6-20(24(23)29-16-21-5-2-3-7-22(21)26)15-27-25-12-17-9-18(13-25)11-19(10-17)14-25/h2-8,17-19,27H,9-16H2,1H3. The fraction of sp³-hybridized carbons (Fsp3) is 0.520.